The highest BCUT2D eigenvalue weighted by Gasteiger charge is 2.17. The second kappa shape index (κ2) is 8.94. The Morgan fingerprint density at radius 3 is 2.52 bits per heavy atom. The molecular formula is C23H30N2O2. The van der Waals surface area contributed by atoms with Gasteiger partial charge >= 0.3 is 0 Å². The van der Waals surface area contributed by atoms with Gasteiger partial charge in [0, 0.05) is 24.3 Å². The lowest BCUT2D eigenvalue weighted by Gasteiger charge is -2.33. The van der Waals surface area contributed by atoms with Gasteiger partial charge in [-0.25, -0.2) is 0 Å². The number of carbonyl (C=O) groups is 1. The van der Waals surface area contributed by atoms with Gasteiger partial charge in [-0.3, -0.25) is 4.79 Å². The van der Waals surface area contributed by atoms with Crippen LogP contribution >= 0.6 is 0 Å². The second-order valence-electron chi connectivity index (χ2n) is 7.44. The molecule has 1 heterocycles. The van der Waals surface area contributed by atoms with Crippen molar-refractivity contribution < 1.29 is 9.53 Å². The Labute approximate surface area is 162 Å². The first-order chi connectivity index (χ1) is 13.1. The van der Waals surface area contributed by atoms with Crippen LogP contribution < -0.4 is 15.0 Å². The van der Waals surface area contributed by atoms with Crippen molar-refractivity contribution in [1.82, 2.24) is 5.32 Å². The summed E-state index contributed by atoms with van der Waals surface area (Å²) in [7, 11) is 0. The molecule has 1 fully saturated rings. The number of rotatable bonds is 6. The van der Waals surface area contributed by atoms with Crippen LogP contribution in [0.4, 0.5) is 5.69 Å². The maximum Gasteiger partial charge on any atom is 0.251 e. The highest BCUT2D eigenvalue weighted by atomic mass is 16.5. The molecular weight excluding hydrogens is 336 g/mol. The SMILES string of the molecule is CCOc1ccc(C(=O)N[C@H](C)c2ccc(N3CCC[C@H](C)C3)cc2)cc1. The topological polar surface area (TPSA) is 41.6 Å². The van der Waals surface area contributed by atoms with Crippen molar-refractivity contribution in [2.24, 2.45) is 5.92 Å². The Hall–Kier alpha value is -2.49. The third-order valence-electron chi connectivity index (χ3n) is 5.19. The normalized spacial score (nSPS) is 18.0. The minimum absolute atomic E-state index is 0.0432. The molecule has 0 spiro atoms. The van der Waals surface area contributed by atoms with E-state index in [1.165, 1.54) is 18.5 Å². The molecule has 3 rings (SSSR count). The monoisotopic (exact) mass is 366 g/mol. The lowest BCUT2D eigenvalue weighted by atomic mass is 9.99. The van der Waals surface area contributed by atoms with Crippen molar-refractivity contribution in [3.63, 3.8) is 0 Å². The van der Waals surface area contributed by atoms with Gasteiger partial charge in [0.2, 0.25) is 0 Å². The maximum atomic E-state index is 12.5. The highest BCUT2D eigenvalue weighted by molar-refractivity contribution is 5.94. The van der Waals surface area contributed by atoms with Crippen LogP contribution in [-0.4, -0.2) is 25.6 Å². The van der Waals surface area contributed by atoms with Crippen molar-refractivity contribution in [2.45, 2.75) is 39.7 Å². The van der Waals surface area contributed by atoms with E-state index in [0.29, 0.717) is 12.2 Å². The summed E-state index contributed by atoms with van der Waals surface area (Å²) in [4.78, 5) is 14.9. The molecule has 4 heteroatoms. The molecule has 1 N–H and O–H groups in total. The minimum Gasteiger partial charge on any atom is -0.494 e. The first kappa shape index (κ1) is 19.3. The third-order valence-corrected chi connectivity index (χ3v) is 5.19. The van der Waals surface area contributed by atoms with E-state index in [9.17, 15) is 4.79 Å². The summed E-state index contributed by atoms with van der Waals surface area (Å²) >= 11 is 0. The highest BCUT2D eigenvalue weighted by Crippen LogP contribution is 2.24. The number of amides is 1. The van der Waals surface area contributed by atoms with E-state index in [1.807, 2.05) is 26.0 Å². The fourth-order valence-electron chi connectivity index (χ4n) is 3.63. The van der Waals surface area contributed by atoms with Gasteiger partial charge in [-0.15, -0.1) is 0 Å². The van der Waals surface area contributed by atoms with Gasteiger partial charge in [-0.05, 0) is 74.6 Å². The van der Waals surface area contributed by atoms with Crippen molar-refractivity contribution in [3.8, 4) is 5.75 Å². The summed E-state index contributed by atoms with van der Waals surface area (Å²) in [5.74, 6) is 1.47. The van der Waals surface area contributed by atoms with Crippen LogP contribution in [-0.2, 0) is 0 Å². The predicted molar refractivity (Wildman–Crippen MR) is 111 cm³/mol. The molecule has 0 radical (unpaired) electrons. The zero-order valence-corrected chi connectivity index (χ0v) is 16.6. The molecule has 2 aromatic carbocycles. The minimum atomic E-state index is -0.0699. The average molecular weight is 367 g/mol. The van der Waals surface area contributed by atoms with Gasteiger partial charge in [0.15, 0.2) is 0 Å². The molecule has 0 bridgehead atoms. The fraction of sp³-hybridized carbons (Fsp3) is 0.435. The van der Waals surface area contributed by atoms with Crippen LogP contribution in [0, 0.1) is 5.92 Å². The molecule has 1 saturated heterocycles. The van der Waals surface area contributed by atoms with Gasteiger partial charge in [0.25, 0.3) is 5.91 Å². The molecule has 4 nitrogen and oxygen atoms in total. The van der Waals surface area contributed by atoms with Crippen molar-refractivity contribution in [2.75, 3.05) is 24.6 Å². The molecule has 0 aliphatic carbocycles. The Balaban J connectivity index is 1.60. The molecule has 0 aromatic heterocycles. The molecule has 0 unspecified atom stereocenters. The van der Waals surface area contributed by atoms with Crippen LogP contribution in [0.5, 0.6) is 5.75 Å². The number of hydrogen-bond acceptors (Lipinski definition) is 3. The van der Waals surface area contributed by atoms with Crippen LogP contribution in [0.15, 0.2) is 48.5 Å². The van der Waals surface area contributed by atoms with Crippen LogP contribution in [0.2, 0.25) is 0 Å². The van der Waals surface area contributed by atoms with E-state index < -0.39 is 0 Å². The summed E-state index contributed by atoms with van der Waals surface area (Å²) in [6.07, 6.45) is 2.58. The van der Waals surface area contributed by atoms with E-state index in [0.717, 1.165) is 30.3 Å². The number of nitrogens with one attached hydrogen (secondary N) is 1. The molecule has 2 atom stereocenters. The summed E-state index contributed by atoms with van der Waals surface area (Å²) in [5, 5.41) is 3.08. The quantitative estimate of drug-likeness (QED) is 0.797. The molecule has 27 heavy (non-hydrogen) atoms. The molecule has 1 aliphatic rings. The van der Waals surface area contributed by atoms with Crippen molar-refractivity contribution >= 4 is 11.6 Å². The Morgan fingerprint density at radius 2 is 1.89 bits per heavy atom. The van der Waals surface area contributed by atoms with E-state index in [4.69, 9.17) is 4.74 Å². The fourth-order valence-corrected chi connectivity index (χ4v) is 3.63. The molecule has 1 amide bonds. The smallest absolute Gasteiger partial charge is 0.251 e. The number of anilines is 1. The maximum absolute atomic E-state index is 12.5. The Kier molecular flexibility index (Phi) is 6.38. The zero-order valence-electron chi connectivity index (χ0n) is 16.6. The number of ether oxygens (including phenoxy) is 1. The average Bonchev–Trinajstić information content (AvgIpc) is 2.69. The second-order valence-corrected chi connectivity index (χ2v) is 7.44. The first-order valence-corrected chi connectivity index (χ1v) is 9.95. The van der Waals surface area contributed by atoms with Gasteiger partial charge in [0.1, 0.15) is 5.75 Å². The Bertz CT molecular complexity index is 740. The molecule has 2 aromatic rings. The van der Waals surface area contributed by atoms with Gasteiger partial charge in [0.05, 0.1) is 12.6 Å². The van der Waals surface area contributed by atoms with Gasteiger partial charge in [-0.2, -0.15) is 0 Å². The lowest BCUT2D eigenvalue weighted by Crippen LogP contribution is -2.34. The lowest BCUT2D eigenvalue weighted by molar-refractivity contribution is 0.0940. The molecule has 0 saturated carbocycles. The standard InChI is InChI=1S/C23H30N2O2/c1-4-27-22-13-9-20(10-14-22)23(26)24-18(3)19-7-11-21(12-8-19)25-15-5-6-17(2)16-25/h7-14,17-18H,4-6,15-16H2,1-3H3,(H,24,26)/t17-,18+/m0/s1. The first-order valence-electron chi connectivity index (χ1n) is 9.95. The van der Waals surface area contributed by atoms with E-state index in [1.54, 1.807) is 12.1 Å². The summed E-state index contributed by atoms with van der Waals surface area (Å²) < 4.78 is 5.42. The van der Waals surface area contributed by atoms with Crippen LogP contribution in [0.25, 0.3) is 0 Å². The van der Waals surface area contributed by atoms with Crippen molar-refractivity contribution in [1.29, 1.82) is 0 Å². The summed E-state index contributed by atoms with van der Waals surface area (Å²) in [6, 6.07) is 15.8. The van der Waals surface area contributed by atoms with E-state index in [2.05, 4.69) is 41.4 Å². The van der Waals surface area contributed by atoms with Crippen LogP contribution in [0.1, 0.15) is 55.6 Å². The van der Waals surface area contributed by atoms with Crippen molar-refractivity contribution in [3.05, 3.63) is 59.7 Å². The number of piperidine rings is 1. The number of carbonyl (C=O) groups excluding carboxylic acids is 1. The predicted octanol–water partition coefficient (Wildman–Crippen LogP) is 4.81. The molecule has 1 aliphatic heterocycles. The summed E-state index contributed by atoms with van der Waals surface area (Å²) in [6.45, 7) is 9.16. The summed E-state index contributed by atoms with van der Waals surface area (Å²) in [5.41, 5.74) is 3.03. The molecule has 144 valence electrons. The van der Waals surface area contributed by atoms with E-state index in [-0.39, 0.29) is 11.9 Å². The number of hydrogen-bond donors (Lipinski definition) is 1. The zero-order chi connectivity index (χ0) is 19.2. The van der Waals surface area contributed by atoms with E-state index >= 15 is 0 Å². The van der Waals surface area contributed by atoms with Gasteiger partial charge < -0.3 is 15.0 Å². The number of nitrogens with zero attached hydrogens (tertiary/aromatic N) is 1. The third kappa shape index (κ3) is 5.03. The van der Waals surface area contributed by atoms with Gasteiger partial charge in [-0.1, -0.05) is 19.1 Å². The Morgan fingerprint density at radius 1 is 1.19 bits per heavy atom. The number of benzene rings is 2. The largest absolute Gasteiger partial charge is 0.494 e. The van der Waals surface area contributed by atoms with Crippen LogP contribution in [0.3, 0.4) is 0 Å².